The van der Waals surface area contributed by atoms with E-state index >= 15 is 0 Å². The minimum absolute atomic E-state index is 0.0204. The Kier molecular flexibility index (Phi) is 5.55. The first-order chi connectivity index (χ1) is 10.0. The fraction of sp³-hybridized carbons (Fsp3) is 0.643. The van der Waals surface area contributed by atoms with Crippen LogP contribution in [-0.4, -0.2) is 51.0 Å². The molecule has 0 unspecified atom stereocenters. The summed E-state index contributed by atoms with van der Waals surface area (Å²) in [4.78, 5) is 6.66. The molecular weight excluding hydrogens is 288 g/mol. The van der Waals surface area contributed by atoms with Gasteiger partial charge >= 0.3 is 0 Å². The lowest BCUT2D eigenvalue weighted by Gasteiger charge is -2.31. The molecule has 0 radical (unpaired) electrons. The Bertz CT molecular complexity index is 537. The van der Waals surface area contributed by atoms with Crippen molar-refractivity contribution in [2.45, 2.75) is 37.1 Å². The number of pyridine rings is 1. The van der Waals surface area contributed by atoms with Crippen LogP contribution in [0.1, 0.15) is 26.2 Å². The molecule has 1 aromatic heterocycles. The second-order valence-electron chi connectivity index (χ2n) is 5.37. The van der Waals surface area contributed by atoms with Gasteiger partial charge in [-0.15, -0.1) is 0 Å². The SMILES string of the molecule is CCCN1CCC(NS(=O)(=O)c2ccc(NC)nc2)CC1. The van der Waals surface area contributed by atoms with Crippen molar-refractivity contribution in [3.63, 3.8) is 0 Å². The molecule has 1 fully saturated rings. The van der Waals surface area contributed by atoms with E-state index in [1.54, 1.807) is 19.2 Å². The van der Waals surface area contributed by atoms with Gasteiger partial charge in [-0.05, 0) is 51.0 Å². The third kappa shape index (κ3) is 4.39. The molecule has 1 aliphatic heterocycles. The molecule has 21 heavy (non-hydrogen) atoms. The summed E-state index contributed by atoms with van der Waals surface area (Å²) in [5.74, 6) is 0.654. The number of piperidine rings is 1. The fourth-order valence-corrected chi connectivity index (χ4v) is 3.81. The number of nitrogens with one attached hydrogen (secondary N) is 2. The van der Waals surface area contributed by atoms with Crippen LogP contribution >= 0.6 is 0 Å². The Morgan fingerprint density at radius 2 is 2.05 bits per heavy atom. The second-order valence-corrected chi connectivity index (χ2v) is 7.08. The van der Waals surface area contributed by atoms with Crippen LogP contribution in [0, 0.1) is 0 Å². The predicted molar refractivity (Wildman–Crippen MR) is 83.9 cm³/mol. The molecule has 2 heterocycles. The van der Waals surface area contributed by atoms with Gasteiger partial charge < -0.3 is 10.2 Å². The Balaban J connectivity index is 1.95. The largest absolute Gasteiger partial charge is 0.373 e. The van der Waals surface area contributed by atoms with E-state index in [2.05, 4.69) is 26.8 Å². The number of hydrogen-bond acceptors (Lipinski definition) is 5. The van der Waals surface area contributed by atoms with Gasteiger partial charge in [-0.2, -0.15) is 0 Å². The summed E-state index contributed by atoms with van der Waals surface area (Å²) in [6.45, 7) is 5.17. The van der Waals surface area contributed by atoms with Crippen molar-refractivity contribution in [3.8, 4) is 0 Å². The average molecular weight is 312 g/mol. The summed E-state index contributed by atoms with van der Waals surface area (Å²) in [5, 5.41) is 2.87. The summed E-state index contributed by atoms with van der Waals surface area (Å²) in [7, 11) is -1.72. The van der Waals surface area contributed by atoms with Gasteiger partial charge in [-0.1, -0.05) is 6.92 Å². The summed E-state index contributed by atoms with van der Waals surface area (Å²) in [6, 6.07) is 3.26. The van der Waals surface area contributed by atoms with E-state index in [1.807, 2.05) is 0 Å². The minimum Gasteiger partial charge on any atom is -0.373 e. The van der Waals surface area contributed by atoms with E-state index in [0.29, 0.717) is 5.82 Å². The molecule has 0 amide bonds. The van der Waals surface area contributed by atoms with Gasteiger partial charge in [0.15, 0.2) is 0 Å². The van der Waals surface area contributed by atoms with E-state index in [1.165, 1.54) is 6.20 Å². The van der Waals surface area contributed by atoms with Gasteiger partial charge in [0, 0.05) is 19.3 Å². The van der Waals surface area contributed by atoms with E-state index < -0.39 is 10.0 Å². The molecule has 0 bridgehead atoms. The molecule has 0 saturated carbocycles. The lowest BCUT2D eigenvalue weighted by Crippen LogP contribution is -2.44. The number of aromatic nitrogens is 1. The Morgan fingerprint density at radius 1 is 1.33 bits per heavy atom. The van der Waals surface area contributed by atoms with E-state index in [9.17, 15) is 8.42 Å². The monoisotopic (exact) mass is 312 g/mol. The molecule has 7 heteroatoms. The number of anilines is 1. The first kappa shape index (κ1) is 16.2. The van der Waals surface area contributed by atoms with Gasteiger partial charge in [0.1, 0.15) is 10.7 Å². The summed E-state index contributed by atoms with van der Waals surface area (Å²) < 4.78 is 27.4. The van der Waals surface area contributed by atoms with Crippen LogP contribution in [0.5, 0.6) is 0 Å². The van der Waals surface area contributed by atoms with Crippen molar-refractivity contribution in [1.82, 2.24) is 14.6 Å². The lowest BCUT2D eigenvalue weighted by atomic mass is 10.1. The van der Waals surface area contributed by atoms with Crippen molar-refractivity contribution >= 4 is 15.8 Å². The molecule has 0 spiro atoms. The van der Waals surface area contributed by atoms with Gasteiger partial charge in [0.05, 0.1) is 0 Å². The first-order valence-electron chi connectivity index (χ1n) is 7.43. The standard InChI is InChI=1S/C14H24N4O2S/c1-3-8-18-9-6-12(7-10-18)17-21(19,20)13-4-5-14(15-2)16-11-13/h4-5,11-12,17H,3,6-10H2,1-2H3,(H,15,16). The van der Waals surface area contributed by atoms with E-state index in [-0.39, 0.29) is 10.9 Å². The van der Waals surface area contributed by atoms with E-state index in [4.69, 9.17) is 0 Å². The molecule has 2 rings (SSSR count). The number of hydrogen-bond donors (Lipinski definition) is 2. The molecular formula is C14H24N4O2S. The van der Waals surface area contributed by atoms with Crippen molar-refractivity contribution in [3.05, 3.63) is 18.3 Å². The van der Waals surface area contributed by atoms with Crippen molar-refractivity contribution in [1.29, 1.82) is 0 Å². The number of sulfonamides is 1. The van der Waals surface area contributed by atoms with Gasteiger partial charge in [0.25, 0.3) is 0 Å². The maximum Gasteiger partial charge on any atom is 0.242 e. The topological polar surface area (TPSA) is 74.3 Å². The van der Waals surface area contributed by atoms with Crippen LogP contribution in [0.3, 0.4) is 0 Å². The average Bonchev–Trinajstić information content (AvgIpc) is 2.49. The maximum atomic E-state index is 12.3. The van der Waals surface area contributed by atoms with Crippen LogP contribution in [0.25, 0.3) is 0 Å². The fourth-order valence-electron chi connectivity index (χ4n) is 2.57. The zero-order valence-electron chi connectivity index (χ0n) is 12.7. The minimum atomic E-state index is -3.47. The quantitative estimate of drug-likeness (QED) is 0.827. The van der Waals surface area contributed by atoms with Crippen LogP contribution in [-0.2, 0) is 10.0 Å². The lowest BCUT2D eigenvalue weighted by molar-refractivity contribution is 0.208. The smallest absolute Gasteiger partial charge is 0.242 e. The summed E-state index contributed by atoms with van der Waals surface area (Å²) in [5.41, 5.74) is 0. The molecule has 1 aliphatic rings. The second kappa shape index (κ2) is 7.20. The Morgan fingerprint density at radius 3 is 2.57 bits per heavy atom. The highest BCUT2D eigenvalue weighted by Crippen LogP contribution is 2.15. The first-order valence-corrected chi connectivity index (χ1v) is 8.92. The van der Waals surface area contributed by atoms with Crippen molar-refractivity contribution in [2.75, 3.05) is 32.0 Å². The highest BCUT2D eigenvalue weighted by Gasteiger charge is 2.24. The molecule has 6 nitrogen and oxygen atoms in total. The Labute approximate surface area is 127 Å². The molecule has 1 aromatic rings. The molecule has 118 valence electrons. The molecule has 2 N–H and O–H groups in total. The number of likely N-dealkylation sites (tertiary alicyclic amines) is 1. The van der Waals surface area contributed by atoms with Gasteiger partial charge in [-0.25, -0.2) is 18.1 Å². The van der Waals surface area contributed by atoms with Crippen molar-refractivity contribution < 1.29 is 8.42 Å². The highest BCUT2D eigenvalue weighted by atomic mass is 32.2. The Hall–Kier alpha value is -1.18. The summed E-state index contributed by atoms with van der Waals surface area (Å²) >= 11 is 0. The molecule has 0 aromatic carbocycles. The normalized spacial score (nSPS) is 17.8. The zero-order valence-corrected chi connectivity index (χ0v) is 13.5. The number of nitrogens with zero attached hydrogens (tertiary/aromatic N) is 2. The molecule has 0 aliphatic carbocycles. The van der Waals surface area contributed by atoms with Crippen LogP contribution < -0.4 is 10.0 Å². The predicted octanol–water partition coefficient (Wildman–Crippen LogP) is 1.28. The van der Waals surface area contributed by atoms with Crippen LogP contribution in [0.2, 0.25) is 0 Å². The molecule has 0 atom stereocenters. The highest BCUT2D eigenvalue weighted by molar-refractivity contribution is 7.89. The van der Waals surface area contributed by atoms with E-state index in [0.717, 1.165) is 38.9 Å². The third-order valence-corrected chi connectivity index (χ3v) is 5.26. The maximum absolute atomic E-state index is 12.3. The van der Waals surface area contributed by atoms with Crippen molar-refractivity contribution in [2.24, 2.45) is 0 Å². The van der Waals surface area contributed by atoms with Crippen LogP contribution in [0.4, 0.5) is 5.82 Å². The van der Waals surface area contributed by atoms with Gasteiger partial charge in [0.2, 0.25) is 10.0 Å². The van der Waals surface area contributed by atoms with Crippen LogP contribution in [0.15, 0.2) is 23.2 Å². The molecule has 1 saturated heterocycles. The summed E-state index contributed by atoms with van der Waals surface area (Å²) in [6.07, 6.45) is 4.25. The zero-order chi connectivity index (χ0) is 15.3. The van der Waals surface area contributed by atoms with Gasteiger partial charge in [-0.3, -0.25) is 0 Å². The number of rotatable bonds is 6. The third-order valence-electron chi connectivity index (χ3n) is 3.75.